The van der Waals surface area contributed by atoms with Crippen LogP contribution in [-0.4, -0.2) is 19.8 Å². The second-order valence-corrected chi connectivity index (χ2v) is 4.11. The standard InChI is InChI=1S/C8H17O5P.Na/c1-4-11-8(9)7-14(10,12-5-2)13-6-3;/h7,9H,4-6H2,1-3H3;/q;+1/p-1/b8-7+;. The van der Waals surface area contributed by atoms with E-state index in [0.29, 0.717) is 0 Å². The third kappa shape index (κ3) is 8.31. The van der Waals surface area contributed by atoms with E-state index in [2.05, 4.69) is 4.74 Å². The van der Waals surface area contributed by atoms with Crippen LogP contribution in [-0.2, 0) is 18.3 Å². The topological polar surface area (TPSA) is 67.8 Å². The first-order chi connectivity index (χ1) is 6.58. The first-order valence-electron chi connectivity index (χ1n) is 4.49. The molecule has 0 rings (SSSR count). The maximum atomic E-state index is 11.7. The minimum Gasteiger partial charge on any atom is -0.613 e. The fourth-order valence-electron chi connectivity index (χ4n) is 0.780. The monoisotopic (exact) mass is 246 g/mol. The summed E-state index contributed by atoms with van der Waals surface area (Å²) >= 11 is 0. The maximum absolute atomic E-state index is 11.7. The van der Waals surface area contributed by atoms with Crippen LogP contribution in [0.4, 0.5) is 0 Å². The fraction of sp³-hybridized carbons (Fsp3) is 0.750. The Bertz CT molecular complexity index is 221. The zero-order valence-corrected chi connectivity index (χ0v) is 12.6. The molecule has 0 aromatic rings. The van der Waals surface area contributed by atoms with Crippen molar-refractivity contribution in [3.63, 3.8) is 0 Å². The van der Waals surface area contributed by atoms with E-state index in [1.54, 1.807) is 20.8 Å². The molecule has 15 heavy (non-hydrogen) atoms. The van der Waals surface area contributed by atoms with Crippen LogP contribution in [0.25, 0.3) is 0 Å². The van der Waals surface area contributed by atoms with E-state index in [1.807, 2.05) is 0 Å². The van der Waals surface area contributed by atoms with Crippen LogP contribution >= 0.6 is 7.60 Å². The van der Waals surface area contributed by atoms with E-state index in [9.17, 15) is 9.67 Å². The Labute approximate surface area is 113 Å². The van der Waals surface area contributed by atoms with Gasteiger partial charge < -0.3 is 18.9 Å². The molecule has 0 amide bonds. The van der Waals surface area contributed by atoms with Crippen LogP contribution in [0.5, 0.6) is 0 Å². The van der Waals surface area contributed by atoms with Gasteiger partial charge in [-0.15, -0.1) is 0 Å². The largest absolute Gasteiger partial charge is 1.00 e. The predicted octanol–water partition coefficient (Wildman–Crippen LogP) is -1.55. The summed E-state index contributed by atoms with van der Waals surface area (Å²) < 4.78 is 26.0. The Hall–Kier alpha value is 0.490. The van der Waals surface area contributed by atoms with E-state index in [4.69, 9.17) is 9.05 Å². The van der Waals surface area contributed by atoms with E-state index in [0.717, 1.165) is 5.82 Å². The van der Waals surface area contributed by atoms with Gasteiger partial charge in [0.05, 0.1) is 19.2 Å². The molecule has 0 aromatic carbocycles. The van der Waals surface area contributed by atoms with Gasteiger partial charge in [0.15, 0.2) is 0 Å². The zero-order chi connectivity index (χ0) is 11.0. The van der Waals surface area contributed by atoms with Crippen molar-refractivity contribution in [3.8, 4) is 0 Å². The Balaban J connectivity index is 0. The molecule has 0 aliphatic carbocycles. The van der Waals surface area contributed by atoms with Crippen LogP contribution in [0.2, 0.25) is 0 Å². The average molecular weight is 246 g/mol. The Morgan fingerprint density at radius 1 is 1.20 bits per heavy atom. The van der Waals surface area contributed by atoms with Gasteiger partial charge in [-0.25, -0.2) is 0 Å². The van der Waals surface area contributed by atoms with E-state index < -0.39 is 13.5 Å². The average Bonchev–Trinajstić information content (AvgIpc) is 2.04. The third-order valence-corrected chi connectivity index (χ3v) is 2.93. The normalized spacial score (nSPS) is 12.1. The Morgan fingerprint density at radius 2 is 1.67 bits per heavy atom. The summed E-state index contributed by atoms with van der Waals surface area (Å²) in [5, 5.41) is 11.0. The number of ether oxygens (including phenoxy) is 1. The molecular weight excluding hydrogens is 230 g/mol. The van der Waals surface area contributed by atoms with Crippen LogP contribution in [0, 0.1) is 0 Å². The first kappa shape index (κ1) is 17.9. The Kier molecular flexibility index (Phi) is 11.6. The van der Waals surface area contributed by atoms with Crippen LogP contribution in [0.15, 0.2) is 11.8 Å². The Morgan fingerprint density at radius 3 is 2.00 bits per heavy atom. The summed E-state index contributed by atoms with van der Waals surface area (Å²) in [7, 11) is -3.40. The fourth-order valence-corrected chi connectivity index (χ4v) is 2.06. The molecular formula is C8H16NaO5P. The summed E-state index contributed by atoms with van der Waals surface area (Å²) in [6, 6.07) is 0. The van der Waals surface area contributed by atoms with Crippen molar-refractivity contribution >= 4 is 7.60 Å². The number of hydrogen-bond donors (Lipinski definition) is 0. The minimum absolute atomic E-state index is 0. The van der Waals surface area contributed by atoms with Crippen LogP contribution in [0.1, 0.15) is 20.8 Å². The summed E-state index contributed by atoms with van der Waals surface area (Å²) in [4.78, 5) is 0. The molecule has 7 heteroatoms. The van der Waals surface area contributed by atoms with Crippen molar-refractivity contribution < 1.29 is 53.0 Å². The molecule has 0 aliphatic heterocycles. The molecule has 0 saturated heterocycles. The van der Waals surface area contributed by atoms with E-state index >= 15 is 0 Å². The van der Waals surface area contributed by atoms with Gasteiger partial charge in [-0.05, 0) is 20.5 Å². The predicted molar refractivity (Wildman–Crippen MR) is 50.6 cm³/mol. The van der Waals surface area contributed by atoms with Gasteiger partial charge in [-0.1, -0.05) is 6.92 Å². The van der Waals surface area contributed by atoms with Crippen LogP contribution in [0.3, 0.4) is 0 Å². The summed E-state index contributed by atoms with van der Waals surface area (Å²) in [6.07, 6.45) is 0. The SMILES string of the molecule is CCO/C([O-])=C/P(=O)(OCC)OCC.[Na+]. The molecule has 0 spiro atoms. The maximum Gasteiger partial charge on any atom is 1.00 e. The van der Waals surface area contributed by atoms with Gasteiger partial charge in [-0.2, -0.15) is 0 Å². The molecule has 0 aromatic heterocycles. The second-order valence-electron chi connectivity index (χ2n) is 2.26. The molecule has 0 atom stereocenters. The molecule has 0 aliphatic rings. The molecule has 0 radical (unpaired) electrons. The van der Waals surface area contributed by atoms with Gasteiger partial charge in [-0.3, -0.25) is 4.57 Å². The first-order valence-corrected chi connectivity index (χ1v) is 6.10. The molecule has 0 fully saturated rings. The van der Waals surface area contributed by atoms with Crippen molar-refractivity contribution in [1.29, 1.82) is 0 Å². The zero-order valence-electron chi connectivity index (χ0n) is 9.69. The molecule has 0 N–H and O–H groups in total. The second kappa shape index (κ2) is 9.70. The van der Waals surface area contributed by atoms with Gasteiger partial charge in [0.1, 0.15) is 0 Å². The van der Waals surface area contributed by atoms with Crippen molar-refractivity contribution in [1.82, 2.24) is 0 Å². The molecule has 0 saturated carbocycles. The molecule has 5 nitrogen and oxygen atoms in total. The van der Waals surface area contributed by atoms with E-state index in [1.165, 1.54) is 0 Å². The van der Waals surface area contributed by atoms with Crippen molar-refractivity contribution in [2.45, 2.75) is 20.8 Å². The number of hydrogen-bond acceptors (Lipinski definition) is 5. The molecule has 84 valence electrons. The van der Waals surface area contributed by atoms with Gasteiger partial charge in [0.25, 0.3) is 0 Å². The van der Waals surface area contributed by atoms with Crippen molar-refractivity contribution in [2.75, 3.05) is 19.8 Å². The third-order valence-electron chi connectivity index (χ3n) is 1.17. The molecule has 0 bridgehead atoms. The van der Waals surface area contributed by atoms with Gasteiger partial charge >= 0.3 is 37.2 Å². The van der Waals surface area contributed by atoms with E-state index in [-0.39, 0.29) is 49.4 Å². The minimum atomic E-state index is -3.40. The summed E-state index contributed by atoms with van der Waals surface area (Å²) in [6.45, 7) is 5.67. The smallest absolute Gasteiger partial charge is 0.613 e. The van der Waals surface area contributed by atoms with Crippen molar-refractivity contribution in [3.05, 3.63) is 11.8 Å². The summed E-state index contributed by atoms with van der Waals surface area (Å²) in [5.74, 6) is 0.182. The van der Waals surface area contributed by atoms with Gasteiger partial charge in [0.2, 0.25) is 0 Å². The summed E-state index contributed by atoms with van der Waals surface area (Å²) in [5.41, 5.74) is 0. The number of rotatable bonds is 7. The molecule has 0 heterocycles. The van der Waals surface area contributed by atoms with Gasteiger partial charge in [0, 0.05) is 5.82 Å². The van der Waals surface area contributed by atoms with Crippen molar-refractivity contribution in [2.24, 2.45) is 0 Å². The quantitative estimate of drug-likeness (QED) is 0.309. The molecule has 0 unspecified atom stereocenters. The van der Waals surface area contributed by atoms with Crippen LogP contribution < -0.4 is 34.7 Å².